The van der Waals surface area contributed by atoms with Crippen LogP contribution in [0.5, 0.6) is 0 Å². The summed E-state index contributed by atoms with van der Waals surface area (Å²) in [5, 5.41) is 12.1. The fourth-order valence-electron chi connectivity index (χ4n) is 2.84. The van der Waals surface area contributed by atoms with E-state index in [0.717, 1.165) is 11.6 Å². The maximum Gasteiger partial charge on any atom is 0.435 e. The van der Waals surface area contributed by atoms with Gasteiger partial charge >= 0.3 is 6.18 Å². The number of alkyl halides is 3. The van der Waals surface area contributed by atoms with Crippen molar-refractivity contribution in [3.05, 3.63) is 87.8 Å². The van der Waals surface area contributed by atoms with Crippen molar-refractivity contribution >= 4 is 23.1 Å². The van der Waals surface area contributed by atoms with Crippen LogP contribution in [-0.2, 0) is 19.3 Å². The van der Waals surface area contributed by atoms with Crippen molar-refractivity contribution in [3.63, 3.8) is 0 Å². The zero-order valence-electron chi connectivity index (χ0n) is 15.8. The highest BCUT2D eigenvalue weighted by Crippen LogP contribution is 2.27. The summed E-state index contributed by atoms with van der Waals surface area (Å²) in [4.78, 5) is 12.9. The van der Waals surface area contributed by atoms with Gasteiger partial charge in [0.25, 0.3) is 5.91 Å². The van der Waals surface area contributed by atoms with E-state index in [1.165, 1.54) is 34.3 Å². The van der Waals surface area contributed by atoms with Gasteiger partial charge in [-0.15, -0.1) is 11.3 Å². The number of halogens is 4. The summed E-state index contributed by atoms with van der Waals surface area (Å²) in [5.74, 6) is -0.343. The average molecular weight is 449 g/mol. The van der Waals surface area contributed by atoms with Gasteiger partial charge in [0, 0.05) is 18.5 Å². The minimum Gasteiger partial charge on any atom is -0.304 e. The minimum absolute atomic E-state index is 0.117. The summed E-state index contributed by atoms with van der Waals surface area (Å²) in [5.41, 5.74) is 0.559. The molecular formula is C20H15F4N5OS. The van der Waals surface area contributed by atoms with Gasteiger partial charge < -0.3 is 5.32 Å². The van der Waals surface area contributed by atoms with Gasteiger partial charge in [-0.05, 0) is 40.8 Å². The third-order valence-electron chi connectivity index (χ3n) is 4.29. The number of aromatic nitrogens is 4. The second kappa shape index (κ2) is 8.34. The standard InChI is InChI=1S/C20H15F4N5OS/c21-15-3-1-13(2-4-15)10-29-8-6-18(27-29)25-19(30)16-9-14(12-31-16)11-28-7-5-17(26-28)20(22,23)24/h1-9,12H,10-11H2,(H,25,27,30). The monoisotopic (exact) mass is 449 g/mol. The SMILES string of the molecule is O=C(Nc1ccn(Cc2ccc(F)cc2)n1)c1cc(Cn2ccc(C(F)(F)F)n2)cs1. The second-order valence-electron chi connectivity index (χ2n) is 6.69. The first kappa shape index (κ1) is 20.8. The van der Waals surface area contributed by atoms with Crippen LogP contribution in [0.4, 0.5) is 23.4 Å². The first-order chi connectivity index (χ1) is 14.8. The van der Waals surface area contributed by atoms with Crippen molar-refractivity contribution in [2.24, 2.45) is 0 Å². The molecule has 0 spiro atoms. The first-order valence-corrected chi connectivity index (χ1v) is 9.91. The molecule has 3 heterocycles. The Labute approximate surface area is 177 Å². The lowest BCUT2D eigenvalue weighted by Gasteiger charge is -2.02. The number of carbonyl (C=O) groups is 1. The highest BCUT2D eigenvalue weighted by Gasteiger charge is 2.33. The molecule has 11 heteroatoms. The molecule has 31 heavy (non-hydrogen) atoms. The van der Waals surface area contributed by atoms with Crippen LogP contribution < -0.4 is 5.32 Å². The quantitative estimate of drug-likeness (QED) is 0.436. The number of carbonyl (C=O) groups excluding carboxylic acids is 1. The van der Waals surface area contributed by atoms with E-state index in [2.05, 4.69) is 15.5 Å². The van der Waals surface area contributed by atoms with Crippen LogP contribution in [0, 0.1) is 5.82 Å². The van der Waals surface area contributed by atoms with E-state index in [1.807, 2.05) is 0 Å². The molecule has 0 saturated carbocycles. The lowest BCUT2D eigenvalue weighted by molar-refractivity contribution is -0.141. The highest BCUT2D eigenvalue weighted by atomic mass is 32.1. The molecular weight excluding hydrogens is 434 g/mol. The van der Waals surface area contributed by atoms with Crippen LogP contribution in [-0.4, -0.2) is 25.5 Å². The van der Waals surface area contributed by atoms with E-state index in [4.69, 9.17) is 0 Å². The van der Waals surface area contributed by atoms with Gasteiger partial charge in [0.15, 0.2) is 11.5 Å². The van der Waals surface area contributed by atoms with Gasteiger partial charge in [0.05, 0.1) is 18.0 Å². The van der Waals surface area contributed by atoms with Gasteiger partial charge in [-0.2, -0.15) is 23.4 Å². The molecule has 0 aliphatic rings. The zero-order valence-corrected chi connectivity index (χ0v) is 16.6. The molecule has 0 aliphatic heterocycles. The molecule has 0 atom stereocenters. The molecule has 4 aromatic rings. The van der Waals surface area contributed by atoms with Crippen LogP contribution in [0.2, 0.25) is 0 Å². The van der Waals surface area contributed by atoms with Crippen molar-refractivity contribution in [3.8, 4) is 0 Å². The molecule has 0 fully saturated rings. The highest BCUT2D eigenvalue weighted by molar-refractivity contribution is 7.12. The molecule has 6 nitrogen and oxygen atoms in total. The Balaban J connectivity index is 1.36. The second-order valence-corrected chi connectivity index (χ2v) is 7.61. The van der Waals surface area contributed by atoms with Crippen molar-refractivity contribution in [1.82, 2.24) is 19.6 Å². The maximum atomic E-state index is 13.0. The molecule has 1 amide bonds. The lowest BCUT2D eigenvalue weighted by Crippen LogP contribution is -2.11. The minimum atomic E-state index is -4.49. The van der Waals surface area contributed by atoms with Gasteiger partial charge in [0.1, 0.15) is 5.82 Å². The van der Waals surface area contributed by atoms with Crippen molar-refractivity contribution < 1.29 is 22.4 Å². The van der Waals surface area contributed by atoms with Crippen LogP contribution in [0.15, 0.2) is 60.2 Å². The summed E-state index contributed by atoms with van der Waals surface area (Å²) >= 11 is 1.17. The topological polar surface area (TPSA) is 64.7 Å². The number of hydrogen-bond donors (Lipinski definition) is 1. The predicted octanol–water partition coefficient (Wildman–Crippen LogP) is 4.65. The Morgan fingerprint density at radius 3 is 2.35 bits per heavy atom. The van der Waals surface area contributed by atoms with Crippen molar-refractivity contribution in [2.45, 2.75) is 19.3 Å². The molecule has 0 radical (unpaired) electrons. The fourth-order valence-corrected chi connectivity index (χ4v) is 3.64. The lowest BCUT2D eigenvalue weighted by atomic mass is 10.2. The Kier molecular flexibility index (Phi) is 5.59. The number of benzene rings is 1. The normalized spacial score (nSPS) is 11.6. The fraction of sp³-hybridized carbons (Fsp3) is 0.150. The average Bonchev–Trinajstić information content (AvgIpc) is 3.45. The van der Waals surface area contributed by atoms with Crippen molar-refractivity contribution in [2.75, 3.05) is 5.32 Å². The Hall–Kier alpha value is -3.47. The number of nitrogens with one attached hydrogen (secondary N) is 1. The molecule has 0 bridgehead atoms. The van der Waals surface area contributed by atoms with E-state index in [1.54, 1.807) is 40.5 Å². The van der Waals surface area contributed by atoms with Gasteiger partial charge in [-0.25, -0.2) is 4.39 Å². The molecule has 4 rings (SSSR count). The molecule has 1 N–H and O–H groups in total. The van der Waals surface area contributed by atoms with Crippen LogP contribution in [0.3, 0.4) is 0 Å². The molecule has 1 aromatic carbocycles. The van der Waals surface area contributed by atoms with Crippen molar-refractivity contribution in [1.29, 1.82) is 0 Å². The Morgan fingerprint density at radius 1 is 0.968 bits per heavy atom. The van der Waals surface area contributed by atoms with Crippen LogP contribution in [0.25, 0.3) is 0 Å². The van der Waals surface area contributed by atoms with E-state index >= 15 is 0 Å². The smallest absolute Gasteiger partial charge is 0.304 e. The number of hydrogen-bond acceptors (Lipinski definition) is 4. The van der Waals surface area contributed by atoms with Gasteiger partial charge in [-0.3, -0.25) is 14.2 Å². The van der Waals surface area contributed by atoms with Crippen LogP contribution in [0.1, 0.15) is 26.5 Å². The summed E-state index contributed by atoms with van der Waals surface area (Å²) in [6, 6.07) is 10.2. The van der Waals surface area contributed by atoms with E-state index in [9.17, 15) is 22.4 Å². The molecule has 0 unspecified atom stereocenters. The van der Waals surface area contributed by atoms with E-state index < -0.39 is 11.9 Å². The number of nitrogens with zero attached hydrogens (tertiary/aromatic N) is 4. The first-order valence-electron chi connectivity index (χ1n) is 9.03. The summed E-state index contributed by atoms with van der Waals surface area (Å²) in [7, 11) is 0. The summed E-state index contributed by atoms with van der Waals surface area (Å²) in [6.45, 7) is 0.537. The molecule has 160 valence electrons. The predicted molar refractivity (Wildman–Crippen MR) is 106 cm³/mol. The number of thiophene rings is 1. The molecule has 3 aromatic heterocycles. The largest absolute Gasteiger partial charge is 0.435 e. The Morgan fingerprint density at radius 2 is 1.65 bits per heavy atom. The van der Waals surface area contributed by atoms with E-state index in [0.29, 0.717) is 22.8 Å². The molecule has 0 saturated heterocycles. The van der Waals surface area contributed by atoms with Gasteiger partial charge in [0.2, 0.25) is 0 Å². The third-order valence-corrected chi connectivity index (χ3v) is 5.27. The molecule has 0 aliphatic carbocycles. The number of rotatable bonds is 6. The number of anilines is 1. The number of amides is 1. The summed E-state index contributed by atoms with van der Waals surface area (Å²) in [6.07, 6.45) is -1.56. The van der Waals surface area contributed by atoms with E-state index in [-0.39, 0.29) is 18.3 Å². The summed E-state index contributed by atoms with van der Waals surface area (Å²) < 4.78 is 53.7. The maximum absolute atomic E-state index is 13.0. The Bertz CT molecular complexity index is 1190. The zero-order chi connectivity index (χ0) is 22.0. The van der Waals surface area contributed by atoms with Crippen LogP contribution >= 0.6 is 11.3 Å². The third kappa shape index (κ3) is 5.18. The van der Waals surface area contributed by atoms with Gasteiger partial charge in [-0.1, -0.05) is 12.1 Å².